The molecule has 0 aliphatic heterocycles. The van der Waals surface area contributed by atoms with Crippen LogP contribution >= 0.6 is 19.4 Å². The maximum Gasteiger partial charge on any atom is 0.446 e. The third kappa shape index (κ3) is 7.24. The molecule has 0 unspecified atom stereocenters. The fourth-order valence-electron chi connectivity index (χ4n) is 1.60. The Morgan fingerprint density at radius 2 is 1.72 bits per heavy atom. The number of alkyl halides is 3. The van der Waals surface area contributed by atoms with Crippen molar-refractivity contribution in [3.8, 4) is 0 Å². The van der Waals surface area contributed by atoms with E-state index in [4.69, 9.17) is 9.05 Å². The van der Waals surface area contributed by atoms with Gasteiger partial charge >= 0.3 is 13.1 Å². The van der Waals surface area contributed by atoms with E-state index in [2.05, 4.69) is 4.18 Å². The smallest absolute Gasteiger partial charge is 0.307 e. The summed E-state index contributed by atoms with van der Waals surface area (Å²) in [5, 5.41) is 0. The molecule has 0 atom stereocenters. The van der Waals surface area contributed by atoms with E-state index >= 15 is 0 Å². The van der Waals surface area contributed by atoms with Crippen molar-refractivity contribution in [3.63, 3.8) is 0 Å². The van der Waals surface area contributed by atoms with E-state index in [-0.39, 0.29) is 13.2 Å². The minimum atomic E-state index is -4.84. The number of hydrogen-bond donors (Lipinski definition) is 0. The highest BCUT2D eigenvalue weighted by atomic mass is 32.2. The van der Waals surface area contributed by atoms with Crippen molar-refractivity contribution in [3.05, 3.63) is 24.0 Å². The molecule has 0 heterocycles. The van der Waals surface area contributed by atoms with Crippen molar-refractivity contribution in [1.82, 2.24) is 0 Å². The van der Waals surface area contributed by atoms with E-state index in [1.807, 2.05) is 0 Å². The summed E-state index contributed by atoms with van der Waals surface area (Å²) in [7, 11) is -8.68. The van der Waals surface area contributed by atoms with Crippen LogP contribution in [0.1, 0.15) is 13.8 Å². The Labute approximate surface area is 146 Å². The molecule has 0 bridgehead atoms. The maximum absolute atomic E-state index is 13.2. The lowest BCUT2D eigenvalue weighted by Gasteiger charge is -2.17. The van der Waals surface area contributed by atoms with E-state index < -0.39 is 56.9 Å². The quantitative estimate of drug-likeness (QED) is 0.251. The molecule has 0 aliphatic carbocycles. The van der Waals surface area contributed by atoms with Crippen molar-refractivity contribution in [2.75, 3.05) is 19.6 Å². The first-order valence-corrected chi connectivity index (χ1v) is 10.7. The van der Waals surface area contributed by atoms with Crippen LogP contribution < -0.4 is 0 Å². The van der Waals surface area contributed by atoms with Gasteiger partial charge in [-0.2, -0.15) is 21.6 Å². The largest absolute Gasteiger partial charge is 0.446 e. The molecule has 0 amide bonds. The molecule has 0 fully saturated rings. The molecular formula is C12H15F4O6PS2. The molecule has 13 heteroatoms. The molecule has 0 saturated carbocycles. The van der Waals surface area contributed by atoms with Crippen LogP contribution in [-0.2, 0) is 27.9 Å². The van der Waals surface area contributed by atoms with Crippen LogP contribution in [0.25, 0.3) is 0 Å². The van der Waals surface area contributed by atoms with Crippen LogP contribution in [-0.4, -0.2) is 33.5 Å². The lowest BCUT2D eigenvalue weighted by atomic mass is 10.3. The Morgan fingerprint density at radius 1 is 1.16 bits per heavy atom. The summed E-state index contributed by atoms with van der Waals surface area (Å²) in [4.78, 5) is -1.81. The lowest BCUT2D eigenvalue weighted by Crippen LogP contribution is -2.12. The Kier molecular flexibility index (Phi) is 7.91. The zero-order chi connectivity index (χ0) is 19.3. The fourth-order valence-corrected chi connectivity index (χ4v) is 5.37. The molecule has 1 aromatic rings. The third-order valence-electron chi connectivity index (χ3n) is 2.42. The SMILES string of the molecule is CCOP(=O)(COS(=O)(=O)c1ccc(F)cc1SC(F)(F)F)OCC. The van der Waals surface area contributed by atoms with Gasteiger partial charge in [-0.05, 0) is 43.8 Å². The second-order valence-electron chi connectivity index (χ2n) is 4.29. The molecule has 6 nitrogen and oxygen atoms in total. The molecular weight excluding hydrogens is 411 g/mol. The van der Waals surface area contributed by atoms with E-state index in [1.165, 1.54) is 13.8 Å². The minimum Gasteiger partial charge on any atom is -0.307 e. The van der Waals surface area contributed by atoms with Gasteiger partial charge in [-0.3, -0.25) is 8.75 Å². The van der Waals surface area contributed by atoms with Gasteiger partial charge in [0.05, 0.1) is 13.2 Å². The summed E-state index contributed by atoms with van der Waals surface area (Å²) < 4.78 is 101. The molecule has 0 aromatic heterocycles. The predicted octanol–water partition coefficient (Wildman–Crippen LogP) is 4.37. The molecule has 0 spiro atoms. The highest BCUT2D eigenvalue weighted by molar-refractivity contribution is 8.00. The second-order valence-corrected chi connectivity index (χ2v) is 8.97. The van der Waals surface area contributed by atoms with Gasteiger partial charge in [-0.1, -0.05) is 0 Å². The first kappa shape index (κ1) is 22.4. The van der Waals surface area contributed by atoms with Gasteiger partial charge < -0.3 is 9.05 Å². The van der Waals surface area contributed by atoms with Gasteiger partial charge in [-0.25, -0.2) is 4.39 Å². The first-order valence-electron chi connectivity index (χ1n) is 6.75. The third-order valence-corrected chi connectivity index (χ3v) is 6.58. The normalized spacial score (nSPS) is 13.2. The molecule has 0 N–H and O–H groups in total. The van der Waals surface area contributed by atoms with Crippen LogP contribution in [0.2, 0.25) is 0 Å². The number of benzene rings is 1. The monoisotopic (exact) mass is 426 g/mol. The van der Waals surface area contributed by atoms with Gasteiger partial charge in [0.25, 0.3) is 10.1 Å². The summed E-state index contributed by atoms with van der Waals surface area (Å²) in [6, 6.07) is 1.71. The summed E-state index contributed by atoms with van der Waals surface area (Å²) in [5.74, 6) is -1.06. The Morgan fingerprint density at radius 3 is 2.20 bits per heavy atom. The summed E-state index contributed by atoms with van der Waals surface area (Å²) in [6.45, 7) is 2.84. The molecule has 0 aliphatic rings. The van der Waals surface area contributed by atoms with Crippen molar-refractivity contribution in [2.45, 2.75) is 29.1 Å². The first-order chi connectivity index (χ1) is 11.4. The number of rotatable bonds is 9. The van der Waals surface area contributed by atoms with Crippen molar-refractivity contribution >= 4 is 29.5 Å². The molecule has 25 heavy (non-hydrogen) atoms. The molecule has 0 saturated heterocycles. The van der Waals surface area contributed by atoms with Gasteiger partial charge in [0.2, 0.25) is 0 Å². The van der Waals surface area contributed by atoms with Gasteiger partial charge in [0, 0.05) is 4.90 Å². The number of halogens is 4. The Balaban J connectivity index is 3.11. The Hall–Kier alpha value is -0.650. The standard InChI is InChI=1S/C12H15F4O6PS2/c1-3-20-23(17,21-4-2)8-22-25(18,19)11-6-5-9(13)7-10(11)24-12(14,15)16/h5-7H,3-4,8H2,1-2H3. The average molecular weight is 426 g/mol. The van der Waals surface area contributed by atoms with E-state index in [1.54, 1.807) is 0 Å². The highest BCUT2D eigenvalue weighted by Crippen LogP contribution is 2.49. The maximum atomic E-state index is 13.2. The number of hydrogen-bond acceptors (Lipinski definition) is 7. The minimum absolute atomic E-state index is 0.0631. The van der Waals surface area contributed by atoms with Crippen LogP contribution in [0.4, 0.5) is 17.6 Å². The predicted molar refractivity (Wildman–Crippen MR) is 82.3 cm³/mol. The average Bonchev–Trinajstić information content (AvgIpc) is 2.44. The van der Waals surface area contributed by atoms with Crippen LogP contribution in [0.3, 0.4) is 0 Å². The Bertz CT molecular complexity index is 728. The molecule has 1 rings (SSSR count). The zero-order valence-corrected chi connectivity index (χ0v) is 15.6. The zero-order valence-electron chi connectivity index (χ0n) is 13.1. The van der Waals surface area contributed by atoms with Crippen LogP contribution in [0, 0.1) is 5.82 Å². The van der Waals surface area contributed by atoms with Gasteiger partial charge in [0.15, 0.2) is 6.35 Å². The van der Waals surface area contributed by atoms with Crippen molar-refractivity contribution in [2.24, 2.45) is 0 Å². The molecule has 0 radical (unpaired) electrons. The van der Waals surface area contributed by atoms with Crippen LogP contribution in [0.5, 0.6) is 0 Å². The van der Waals surface area contributed by atoms with Crippen molar-refractivity contribution in [1.29, 1.82) is 0 Å². The van der Waals surface area contributed by atoms with E-state index in [9.17, 15) is 30.5 Å². The molecule has 1 aromatic carbocycles. The molecule has 144 valence electrons. The summed E-state index contributed by atoms with van der Waals surface area (Å²) in [5.41, 5.74) is -4.84. The summed E-state index contributed by atoms with van der Waals surface area (Å²) in [6.07, 6.45) is -1.02. The fraction of sp³-hybridized carbons (Fsp3) is 0.500. The second kappa shape index (κ2) is 8.83. The van der Waals surface area contributed by atoms with E-state index in [0.717, 1.165) is 0 Å². The lowest BCUT2D eigenvalue weighted by molar-refractivity contribution is -0.0329. The van der Waals surface area contributed by atoms with Crippen LogP contribution in [0.15, 0.2) is 28.0 Å². The highest BCUT2D eigenvalue weighted by Gasteiger charge is 2.35. The number of thioether (sulfide) groups is 1. The summed E-state index contributed by atoms with van der Waals surface area (Å²) >= 11 is -0.808. The van der Waals surface area contributed by atoms with E-state index in [0.29, 0.717) is 18.2 Å². The van der Waals surface area contributed by atoms with Gasteiger partial charge in [0.1, 0.15) is 10.7 Å². The van der Waals surface area contributed by atoms with Gasteiger partial charge in [-0.15, -0.1) is 0 Å². The van der Waals surface area contributed by atoms with Crippen molar-refractivity contribution < 1.29 is 43.8 Å². The topological polar surface area (TPSA) is 78.9 Å².